The second kappa shape index (κ2) is 4.96. The van der Waals surface area contributed by atoms with E-state index in [0.717, 1.165) is 11.3 Å². The van der Waals surface area contributed by atoms with Crippen molar-refractivity contribution in [3.05, 3.63) is 47.8 Å². The van der Waals surface area contributed by atoms with Crippen LogP contribution in [0.4, 0.5) is 21.5 Å². The number of nitrogens with one attached hydrogen (secondary N) is 1. The summed E-state index contributed by atoms with van der Waals surface area (Å²) in [5, 5.41) is 3.00. The highest BCUT2D eigenvalue weighted by atomic mass is 19.1. The molecule has 0 aromatic heterocycles. The highest BCUT2D eigenvalue weighted by Crippen LogP contribution is 2.30. The Balaban J connectivity index is 2.34. The lowest BCUT2D eigenvalue weighted by atomic mass is 10.2. The molecule has 4 heteroatoms. The van der Waals surface area contributed by atoms with E-state index in [2.05, 4.69) is 5.32 Å². The Hall–Kier alpha value is -2.23. The molecule has 0 unspecified atom stereocenters. The Labute approximate surface area is 105 Å². The van der Waals surface area contributed by atoms with Gasteiger partial charge in [-0.05, 0) is 24.6 Å². The molecule has 0 spiro atoms. The lowest BCUT2D eigenvalue weighted by molar-refractivity contribution is 0.416. The number of rotatable bonds is 3. The number of nitrogen functional groups attached to an aromatic ring is 1. The first-order valence-electron chi connectivity index (χ1n) is 5.57. The molecule has 94 valence electrons. The number of halogens is 1. The van der Waals surface area contributed by atoms with Gasteiger partial charge in [-0.1, -0.05) is 12.1 Å². The topological polar surface area (TPSA) is 47.3 Å². The van der Waals surface area contributed by atoms with Crippen LogP contribution in [0, 0.1) is 12.7 Å². The summed E-state index contributed by atoms with van der Waals surface area (Å²) in [6.45, 7) is 1.98. The molecule has 0 atom stereocenters. The van der Waals surface area contributed by atoms with Gasteiger partial charge in [0.25, 0.3) is 0 Å². The summed E-state index contributed by atoms with van der Waals surface area (Å²) in [5.74, 6) is 0.0429. The summed E-state index contributed by atoms with van der Waals surface area (Å²) >= 11 is 0. The van der Waals surface area contributed by atoms with Gasteiger partial charge in [0.05, 0.1) is 18.5 Å². The molecule has 0 saturated heterocycles. The van der Waals surface area contributed by atoms with Crippen LogP contribution < -0.4 is 15.8 Å². The predicted molar refractivity (Wildman–Crippen MR) is 71.8 cm³/mol. The summed E-state index contributed by atoms with van der Waals surface area (Å²) in [6, 6.07) is 10.5. The molecule has 0 bridgehead atoms. The van der Waals surface area contributed by atoms with Gasteiger partial charge in [-0.3, -0.25) is 0 Å². The number of methoxy groups -OCH3 is 1. The molecule has 2 rings (SSSR count). The molecule has 2 aromatic rings. The van der Waals surface area contributed by atoms with Crippen molar-refractivity contribution in [2.75, 3.05) is 18.2 Å². The van der Waals surface area contributed by atoms with Crippen molar-refractivity contribution in [2.24, 2.45) is 0 Å². The van der Waals surface area contributed by atoms with Crippen LogP contribution in [0.3, 0.4) is 0 Å². The minimum absolute atomic E-state index is 0.282. The smallest absolute Gasteiger partial charge is 0.148 e. The van der Waals surface area contributed by atoms with Gasteiger partial charge >= 0.3 is 0 Å². The zero-order valence-corrected chi connectivity index (χ0v) is 10.3. The van der Waals surface area contributed by atoms with Crippen molar-refractivity contribution in [1.29, 1.82) is 0 Å². The van der Waals surface area contributed by atoms with E-state index in [4.69, 9.17) is 10.5 Å². The van der Waals surface area contributed by atoms with Gasteiger partial charge in [0.2, 0.25) is 0 Å². The normalized spacial score (nSPS) is 10.2. The van der Waals surface area contributed by atoms with Crippen LogP contribution in [0.5, 0.6) is 5.75 Å². The number of hydrogen-bond donors (Lipinski definition) is 2. The second-order valence-corrected chi connectivity index (χ2v) is 4.07. The number of anilines is 3. The first kappa shape index (κ1) is 12.2. The van der Waals surface area contributed by atoms with E-state index in [9.17, 15) is 4.39 Å². The monoisotopic (exact) mass is 246 g/mol. The zero-order valence-electron chi connectivity index (χ0n) is 10.3. The highest BCUT2D eigenvalue weighted by Gasteiger charge is 2.08. The predicted octanol–water partition coefficient (Wildman–Crippen LogP) is 3.47. The maximum Gasteiger partial charge on any atom is 0.148 e. The van der Waals surface area contributed by atoms with Crippen LogP contribution in [-0.4, -0.2) is 7.11 Å². The SMILES string of the molecule is COc1cc(Nc2cccc(C)c2)c(F)cc1N. The van der Waals surface area contributed by atoms with Crippen molar-refractivity contribution in [2.45, 2.75) is 6.92 Å². The zero-order chi connectivity index (χ0) is 13.1. The van der Waals surface area contributed by atoms with Crippen molar-refractivity contribution in [3.8, 4) is 5.75 Å². The number of ether oxygens (including phenoxy) is 1. The van der Waals surface area contributed by atoms with Crippen molar-refractivity contribution >= 4 is 17.1 Å². The van der Waals surface area contributed by atoms with E-state index in [1.54, 1.807) is 6.07 Å². The fraction of sp³-hybridized carbons (Fsp3) is 0.143. The molecule has 0 heterocycles. The number of hydrogen-bond acceptors (Lipinski definition) is 3. The minimum Gasteiger partial charge on any atom is -0.495 e. The summed E-state index contributed by atoms with van der Waals surface area (Å²) < 4.78 is 18.8. The molecule has 0 fully saturated rings. The van der Waals surface area contributed by atoms with Crippen LogP contribution in [0.2, 0.25) is 0 Å². The first-order chi connectivity index (χ1) is 8.60. The molecule has 0 aliphatic carbocycles. The van der Waals surface area contributed by atoms with Gasteiger partial charge < -0.3 is 15.8 Å². The van der Waals surface area contributed by atoms with Crippen molar-refractivity contribution in [3.63, 3.8) is 0 Å². The highest BCUT2D eigenvalue weighted by molar-refractivity contribution is 5.67. The molecule has 18 heavy (non-hydrogen) atoms. The second-order valence-electron chi connectivity index (χ2n) is 4.07. The Morgan fingerprint density at radius 2 is 2.00 bits per heavy atom. The van der Waals surface area contributed by atoms with Crippen molar-refractivity contribution < 1.29 is 9.13 Å². The third-order valence-electron chi connectivity index (χ3n) is 2.62. The maximum atomic E-state index is 13.8. The van der Waals surface area contributed by atoms with Gasteiger partial charge in [0.15, 0.2) is 0 Å². The fourth-order valence-corrected chi connectivity index (χ4v) is 1.72. The molecule has 3 nitrogen and oxygen atoms in total. The molecule has 0 radical (unpaired) electrons. The number of benzene rings is 2. The molecule has 0 aliphatic rings. The standard InChI is InChI=1S/C14H15FN2O/c1-9-4-3-5-10(6-9)17-13-8-14(18-2)12(16)7-11(13)15/h3-8,17H,16H2,1-2H3. The summed E-state index contributed by atoms with van der Waals surface area (Å²) in [5.41, 5.74) is 8.17. The van der Waals surface area contributed by atoms with Gasteiger partial charge in [-0.25, -0.2) is 4.39 Å². The Morgan fingerprint density at radius 3 is 2.67 bits per heavy atom. The molecular formula is C14H15FN2O. The third kappa shape index (κ3) is 2.53. The largest absolute Gasteiger partial charge is 0.495 e. The van der Waals surface area contributed by atoms with E-state index >= 15 is 0 Å². The molecule has 2 aromatic carbocycles. The van der Waals surface area contributed by atoms with Crippen molar-refractivity contribution in [1.82, 2.24) is 0 Å². The Morgan fingerprint density at radius 1 is 1.22 bits per heavy atom. The molecule has 0 saturated carbocycles. The maximum absolute atomic E-state index is 13.8. The van der Waals surface area contributed by atoms with E-state index < -0.39 is 5.82 Å². The van der Waals surface area contributed by atoms with Crippen LogP contribution in [0.1, 0.15) is 5.56 Å². The summed E-state index contributed by atoms with van der Waals surface area (Å²) in [6.07, 6.45) is 0. The van der Waals surface area contributed by atoms with E-state index in [1.807, 2.05) is 31.2 Å². The lowest BCUT2D eigenvalue weighted by Crippen LogP contribution is -1.99. The number of nitrogens with two attached hydrogens (primary N) is 1. The molecule has 0 aliphatic heterocycles. The van der Waals surface area contributed by atoms with E-state index in [-0.39, 0.29) is 5.69 Å². The van der Waals surface area contributed by atoms with Gasteiger partial charge in [-0.15, -0.1) is 0 Å². The van der Waals surface area contributed by atoms with Gasteiger partial charge in [-0.2, -0.15) is 0 Å². The third-order valence-corrected chi connectivity index (χ3v) is 2.62. The Bertz CT molecular complexity index is 570. The summed E-state index contributed by atoms with van der Waals surface area (Å²) in [7, 11) is 1.50. The Kier molecular flexibility index (Phi) is 3.37. The average Bonchev–Trinajstić information content (AvgIpc) is 2.33. The van der Waals surface area contributed by atoms with Crippen LogP contribution in [-0.2, 0) is 0 Å². The van der Waals surface area contributed by atoms with Gasteiger partial charge in [0.1, 0.15) is 11.6 Å². The minimum atomic E-state index is -0.408. The van der Waals surface area contributed by atoms with E-state index in [1.165, 1.54) is 13.2 Å². The summed E-state index contributed by atoms with van der Waals surface area (Å²) in [4.78, 5) is 0. The quantitative estimate of drug-likeness (QED) is 0.815. The van der Waals surface area contributed by atoms with Gasteiger partial charge in [0, 0.05) is 17.8 Å². The first-order valence-corrected chi connectivity index (χ1v) is 5.57. The molecular weight excluding hydrogens is 231 g/mol. The lowest BCUT2D eigenvalue weighted by Gasteiger charge is -2.11. The van der Waals surface area contributed by atoms with Crippen LogP contribution in [0.25, 0.3) is 0 Å². The fourth-order valence-electron chi connectivity index (χ4n) is 1.72. The van der Waals surface area contributed by atoms with E-state index in [0.29, 0.717) is 11.4 Å². The average molecular weight is 246 g/mol. The molecule has 3 N–H and O–H groups in total. The van der Waals surface area contributed by atoms with Crippen LogP contribution >= 0.6 is 0 Å². The molecule has 0 amide bonds. The number of aryl methyl sites for hydroxylation is 1. The van der Waals surface area contributed by atoms with Crippen LogP contribution in [0.15, 0.2) is 36.4 Å².